The largest absolute Gasteiger partial charge is 0.461 e. The van der Waals surface area contributed by atoms with Gasteiger partial charge in [0.1, 0.15) is 17.6 Å². The van der Waals surface area contributed by atoms with Crippen molar-refractivity contribution < 1.29 is 13.7 Å². The second-order valence-corrected chi connectivity index (χ2v) is 5.96. The van der Waals surface area contributed by atoms with Gasteiger partial charge in [-0.15, -0.1) is 0 Å². The SMILES string of the molecule is CCCc1noc(C(C)NC(=O)c2cc(C)oc2-c2ccccc2)n1. The number of hydrogen-bond acceptors (Lipinski definition) is 5. The maximum Gasteiger partial charge on any atom is 0.255 e. The minimum absolute atomic E-state index is 0.238. The number of aromatic nitrogens is 2. The molecule has 1 amide bonds. The summed E-state index contributed by atoms with van der Waals surface area (Å²) in [6.07, 6.45) is 1.69. The molecule has 0 radical (unpaired) electrons. The van der Waals surface area contributed by atoms with Gasteiger partial charge in [-0.05, 0) is 26.3 Å². The molecule has 3 aromatic rings. The van der Waals surface area contributed by atoms with Crippen LogP contribution in [-0.2, 0) is 6.42 Å². The van der Waals surface area contributed by atoms with Crippen molar-refractivity contribution in [2.45, 2.75) is 39.7 Å². The smallest absolute Gasteiger partial charge is 0.255 e. The highest BCUT2D eigenvalue weighted by atomic mass is 16.5. The molecule has 0 aliphatic carbocycles. The van der Waals surface area contributed by atoms with Crippen molar-refractivity contribution in [2.75, 3.05) is 0 Å². The van der Waals surface area contributed by atoms with Gasteiger partial charge in [-0.2, -0.15) is 4.98 Å². The predicted octanol–water partition coefficient (Wildman–Crippen LogP) is 4.08. The normalized spacial score (nSPS) is 12.1. The van der Waals surface area contributed by atoms with Gasteiger partial charge in [0.2, 0.25) is 5.89 Å². The second kappa shape index (κ2) is 7.34. The molecule has 0 aliphatic rings. The van der Waals surface area contributed by atoms with Gasteiger partial charge in [0.25, 0.3) is 5.91 Å². The van der Waals surface area contributed by atoms with Crippen LogP contribution in [0.3, 0.4) is 0 Å². The van der Waals surface area contributed by atoms with Gasteiger partial charge in [-0.1, -0.05) is 42.4 Å². The van der Waals surface area contributed by atoms with E-state index in [1.165, 1.54) is 0 Å². The third-order valence-corrected chi connectivity index (χ3v) is 3.81. The molecule has 6 heteroatoms. The third kappa shape index (κ3) is 3.79. The Morgan fingerprint density at radius 3 is 2.76 bits per heavy atom. The molecule has 3 rings (SSSR count). The number of carbonyl (C=O) groups excluding carboxylic acids is 1. The monoisotopic (exact) mass is 339 g/mol. The predicted molar refractivity (Wildman–Crippen MR) is 93.1 cm³/mol. The van der Waals surface area contributed by atoms with Gasteiger partial charge in [-0.3, -0.25) is 4.79 Å². The van der Waals surface area contributed by atoms with Crippen LogP contribution < -0.4 is 5.32 Å². The summed E-state index contributed by atoms with van der Waals surface area (Å²) < 4.78 is 11.0. The molecule has 1 N–H and O–H groups in total. The van der Waals surface area contributed by atoms with Crippen LogP contribution in [0.5, 0.6) is 0 Å². The molecule has 1 unspecified atom stereocenters. The second-order valence-electron chi connectivity index (χ2n) is 5.96. The van der Waals surface area contributed by atoms with E-state index in [-0.39, 0.29) is 11.9 Å². The van der Waals surface area contributed by atoms with Crippen LogP contribution in [0.25, 0.3) is 11.3 Å². The number of hydrogen-bond donors (Lipinski definition) is 1. The fourth-order valence-electron chi connectivity index (χ4n) is 2.59. The lowest BCUT2D eigenvalue weighted by molar-refractivity contribution is 0.0932. The molecule has 0 aliphatic heterocycles. The molecule has 6 nitrogen and oxygen atoms in total. The molecule has 25 heavy (non-hydrogen) atoms. The Balaban J connectivity index is 1.79. The average molecular weight is 339 g/mol. The number of benzene rings is 1. The van der Waals surface area contributed by atoms with E-state index in [9.17, 15) is 4.79 Å². The van der Waals surface area contributed by atoms with E-state index >= 15 is 0 Å². The minimum Gasteiger partial charge on any atom is -0.461 e. The number of nitrogens with zero attached hydrogens (tertiary/aromatic N) is 2. The summed E-state index contributed by atoms with van der Waals surface area (Å²) in [5.41, 5.74) is 1.35. The zero-order chi connectivity index (χ0) is 17.8. The Labute approximate surface area is 146 Å². The molecule has 0 saturated carbocycles. The Morgan fingerprint density at radius 1 is 1.28 bits per heavy atom. The Hall–Kier alpha value is -2.89. The molecule has 1 atom stereocenters. The van der Waals surface area contributed by atoms with Crippen LogP contribution >= 0.6 is 0 Å². The average Bonchev–Trinajstić information content (AvgIpc) is 3.23. The van der Waals surface area contributed by atoms with Crippen molar-refractivity contribution >= 4 is 5.91 Å². The molecule has 0 fully saturated rings. The number of rotatable bonds is 6. The first-order valence-electron chi connectivity index (χ1n) is 8.37. The summed E-state index contributed by atoms with van der Waals surface area (Å²) in [7, 11) is 0. The van der Waals surface area contributed by atoms with Crippen LogP contribution in [0.1, 0.15) is 54.1 Å². The van der Waals surface area contributed by atoms with Gasteiger partial charge in [0, 0.05) is 12.0 Å². The first-order valence-corrected chi connectivity index (χ1v) is 8.37. The van der Waals surface area contributed by atoms with E-state index in [2.05, 4.69) is 15.5 Å². The highest BCUT2D eigenvalue weighted by molar-refractivity contribution is 6.00. The molecule has 0 bridgehead atoms. The van der Waals surface area contributed by atoms with E-state index < -0.39 is 0 Å². The van der Waals surface area contributed by atoms with E-state index in [0.29, 0.717) is 28.8 Å². The molecule has 1 aromatic carbocycles. The van der Waals surface area contributed by atoms with Crippen LogP contribution in [0.2, 0.25) is 0 Å². The summed E-state index contributed by atoms with van der Waals surface area (Å²) in [4.78, 5) is 17.0. The van der Waals surface area contributed by atoms with Gasteiger partial charge in [0.05, 0.1) is 5.56 Å². The quantitative estimate of drug-likeness (QED) is 0.732. The maximum absolute atomic E-state index is 12.7. The fraction of sp³-hybridized carbons (Fsp3) is 0.316. The molecule has 2 aromatic heterocycles. The number of furan rings is 1. The molecular weight excluding hydrogens is 318 g/mol. The number of amides is 1. The number of aryl methyl sites for hydroxylation is 2. The lowest BCUT2D eigenvalue weighted by atomic mass is 10.1. The van der Waals surface area contributed by atoms with Crippen molar-refractivity contribution in [2.24, 2.45) is 0 Å². The van der Waals surface area contributed by atoms with Gasteiger partial charge in [-0.25, -0.2) is 0 Å². The first-order chi connectivity index (χ1) is 12.1. The summed E-state index contributed by atoms with van der Waals surface area (Å²) in [6, 6.07) is 10.9. The van der Waals surface area contributed by atoms with E-state index in [0.717, 1.165) is 18.4 Å². The zero-order valence-electron chi connectivity index (χ0n) is 14.6. The van der Waals surface area contributed by atoms with Gasteiger partial charge >= 0.3 is 0 Å². The maximum atomic E-state index is 12.7. The Bertz CT molecular complexity index is 852. The Kier molecular flexibility index (Phi) is 4.97. The van der Waals surface area contributed by atoms with E-state index in [1.807, 2.05) is 51.1 Å². The number of carbonyl (C=O) groups is 1. The zero-order valence-corrected chi connectivity index (χ0v) is 14.6. The molecule has 0 saturated heterocycles. The summed E-state index contributed by atoms with van der Waals surface area (Å²) >= 11 is 0. The fourth-order valence-corrected chi connectivity index (χ4v) is 2.59. The van der Waals surface area contributed by atoms with Crippen LogP contribution in [0.4, 0.5) is 0 Å². The van der Waals surface area contributed by atoms with Crippen LogP contribution in [0.15, 0.2) is 45.3 Å². The van der Waals surface area contributed by atoms with Crippen molar-refractivity contribution in [1.29, 1.82) is 0 Å². The van der Waals surface area contributed by atoms with Crippen molar-refractivity contribution in [3.05, 3.63) is 59.4 Å². The summed E-state index contributed by atoms with van der Waals surface area (Å²) in [5, 5.41) is 6.82. The standard InChI is InChI=1S/C19H21N3O3/c1-4-8-16-21-19(25-22-16)13(3)20-18(23)15-11-12(2)24-17(15)14-9-6-5-7-10-14/h5-7,9-11,13H,4,8H2,1-3H3,(H,20,23). The summed E-state index contributed by atoms with van der Waals surface area (Å²) in [6.45, 7) is 5.69. The lowest BCUT2D eigenvalue weighted by Gasteiger charge is -2.09. The molecule has 130 valence electrons. The van der Waals surface area contributed by atoms with Crippen molar-refractivity contribution in [1.82, 2.24) is 15.5 Å². The third-order valence-electron chi connectivity index (χ3n) is 3.81. The van der Waals surface area contributed by atoms with Gasteiger partial charge in [0.15, 0.2) is 5.82 Å². The molecule has 2 heterocycles. The Morgan fingerprint density at radius 2 is 2.04 bits per heavy atom. The van der Waals surface area contributed by atoms with Crippen LogP contribution in [-0.4, -0.2) is 16.0 Å². The summed E-state index contributed by atoms with van der Waals surface area (Å²) in [5.74, 6) is 2.05. The minimum atomic E-state index is -0.385. The van der Waals surface area contributed by atoms with Crippen LogP contribution in [0, 0.1) is 6.92 Å². The van der Waals surface area contributed by atoms with Crippen molar-refractivity contribution in [3.63, 3.8) is 0 Å². The highest BCUT2D eigenvalue weighted by Crippen LogP contribution is 2.27. The topological polar surface area (TPSA) is 81.2 Å². The molecular formula is C19H21N3O3. The van der Waals surface area contributed by atoms with E-state index in [1.54, 1.807) is 6.07 Å². The highest BCUT2D eigenvalue weighted by Gasteiger charge is 2.22. The number of nitrogens with one attached hydrogen (secondary N) is 1. The van der Waals surface area contributed by atoms with Gasteiger partial charge < -0.3 is 14.3 Å². The van der Waals surface area contributed by atoms with E-state index in [4.69, 9.17) is 8.94 Å². The lowest BCUT2D eigenvalue weighted by Crippen LogP contribution is -2.27. The molecule has 0 spiro atoms. The first kappa shape index (κ1) is 17.0. The van der Waals surface area contributed by atoms with Crippen molar-refractivity contribution in [3.8, 4) is 11.3 Å².